The lowest BCUT2D eigenvalue weighted by atomic mass is 9.85. The largest absolute Gasteiger partial charge is 0.480 e. The van der Waals surface area contributed by atoms with Gasteiger partial charge in [-0.3, -0.25) is 14.5 Å². The first-order valence-corrected chi connectivity index (χ1v) is 9.55. The van der Waals surface area contributed by atoms with Crippen LogP contribution in [0.25, 0.3) is 11.3 Å². The number of aryl methyl sites for hydroxylation is 1. The Labute approximate surface area is 163 Å². The number of aliphatic carboxylic acids is 1. The lowest BCUT2D eigenvalue weighted by molar-refractivity contribution is -0.139. The van der Waals surface area contributed by atoms with Crippen LogP contribution in [0.15, 0.2) is 40.8 Å². The maximum atomic E-state index is 13.8. The van der Waals surface area contributed by atoms with Gasteiger partial charge in [-0.2, -0.15) is 0 Å². The first kappa shape index (κ1) is 20.1. The molecular formula is C21H25FN2O4. The maximum Gasteiger partial charge on any atom is 0.317 e. The maximum absolute atomic E-state index is 13.8. The fourth-order valence-corrected chi connectivity index (χ4v) is 3.53. The van der Waals surface area contributed by atoms with Crippen molar-refractivity contribution in [3.63, 3.8) is 0 Å². The van der Waals surface area contributed by atoms with Crippen LogP contribution in [0.2, 0.25) is 0 Å². The number of carbonyl (C=O) groups excluding carboxylic acids is 1. The third-order valence-corrected chi connectivity index (χ3v) is 5.14. The number of halogens is 1. The second-order valence-electron chi connectivity index (χ2n) is 7.09. The number of amides is 1. The van der Waals surface area contributed by atoms with Gasteiger partial charge in [-0.25, -0.2) is 4.39 Å². The van der Waals surface area contributed by atoms with Gasteiger partial charge < -0.3 is 14.8 Å². The molecule has 3 rings (SSSR count). The van der Waals surface area contributed by atoms with Gasteiger partial charge in [-0.05, 0) is 43.7 Å². The van der Waals surface area contributed by atoms with Gasteiger partial charge in [0, 0.05) is 24.9 Å². The molecule has 0 unspecified atom stereocenters. The molecule has 1 fully saturated rings. The number of nitrogens with zero attached hydrogens (tertiary/aromatic N) is 1. The van der Waals surface area contributed by atoms with E-state index < -0.39 is 5.97 Å². The van der Waals surface area contributed by atoms with Crippen molar-refractivity contribution in [1.29, 1.82) is 0 Å². The summed E-state index contributed by atoms with van der Waals surface area (Å²) in [7, 11) is 0. The number of carboxylic acids is 1. The highest BCUT2D eigenvalue weighted by Crippen LogP contribution is 2.27. The zero-order chi connectivity index (χ0) is 20.1. The van der Waals surface area contributed by atoms with Gasteiger partial charge in [0.1, 0.15) is 17.3 Å². The number of likely N-dealkylation sites (N-methyl/N-ethyl adjacent to an activating group) is 1. The lowest BCUT2D eigenvalue weighted by Crippen LogP contribution is -2.54. The summed E-state index contributed by atoms with van der Waals surface area (Å²) >= 11 is 0. The molecule has 1 aromatic carbocycles. The molecule has 28 heavy (non-hydrogen) atoms. The van der Waals surface area contributed by atoms with Crippen LogP contribution in [0.1, 0.15) is 31.9 Å². The molecule has 1 saturated carbocycles. The Hall–Kier alpha value is -2.67. The third kappa shape index (κ3) is 4.98. The van der Waals surface area contributed by atoms with Crippen LogP contribution in [-0.4, -0.2) is 47.1 Å². The van der Waals surface area contributed by atoms with Crippen molar-refractivity contribution in [3.8, 4) is 11.3 Å². The molecular weight excluding hydrogens is 363 g/mol. The van der Waals surface area contributed by atoms with Gasteiger partial charge in [0.15, 0.2) is 0 Å². The standard InChI is InChI=1S/C21H25FN2O4/c1-2-24(13-21(26)27)15-11-14(12-15)23-20(25)10-8-16-7-9-19(28-16)17-5-3-4-6-18(17)22/h3-7,9,14-15H,2,8,10-13H2,1H3,(H,23,25)(H,26,27). The van der Waals surface area contributed by atoms with E-state index in [0.29, 0.717) is 30.0 Å². The summed E-state index contributed by atoms with van der Waals surface area (Å²) in [5.74, 6) is -0.146. The average Bonchev–Trinajstić information content (AvgIpc) is 3.10. The molecule has 0 bridgehead atoms. The van der Waals surface area contributed by atoms with E-state index in [1.54, 1.807) is 30.3 Å². The van der Waals surface area contributed by atoms with Gasteiger partial charge in [-0.15, -0.1) is 0 Å². The summed E-state index contributed by atoms with van der Waals surface area (Å²) < 4.78 is 19.5. The number of furan rings is 1. The van der Waals surface area contributed by atoms with Crippen molar-refractivity contribution in [3.05, 3.63) is 48.0 Å². The molecule has 0 atom stereocenters. The van der Waals surface area contributed by atoms with Crippen LogP contribution < -0.4 is 5.32 Å². The first-order valence-electron chi connectivity index (χ1n) is 9.55. The van der Waals surface area contributed by atoms with Crippen LogP contribution >= 0.6 is 0 Å². The number of carboxylic acid groups (broad SMARTS) is 1. The summed E-state index contributed by atoms with van der Waals surface area (Å²) in [6.45, 7) is 2.65. The summed E-state index contributed by atoms with van der Waals surface area (Å²) in [5.41, 5.74) is 0.403. The lowest BCUT2D eigenvalue weighted by Gasteiger charge is -2.42. The van der Waals surface area contributed by atoms with E-state index in [1.807, 2.05) is 11.8 Å². The molecule has 0 radical (unpaired) electrons. The van der Waals surface area contributed by atoms with E-state index in [9.17, 15) is 14.0 Å². The fraction of sp³-hybridized carbons (Fsp3) is 0.429. The quantitative estimate of drug-likeness (QED) is 0.690. The van der Waals surface area contributed by atoms with Gasteiger partial charge in [0.25, 0.3) is 0 Å². The number of carbonyl (C=O) groups is 2. The molecule has 1 heterocycles. The minimum Gasteiger partial charge on any atom is -0.480 e. The zero-order valence-corrected chi connectivity index (χ0v) is 15.9. The van der Waals surface area contributed by atoms with E-state index >= 15 is 0 Å². The van der Waals surface area contributed by atoms with Crippen molar-refractivity contribution in [2.75, 3.05) is 13.1 Å². The van der Waals surface area contributed by atoms with Gasteiger partial charge in [-0.1, -0.05) is 19.1 Å². The minimum atomic E-state index is -0.831. The molecule has 150 valence electrons. The Morgan fingerprint density at radius 2 is 2.00 bits per heavy atom. The molecule has 2 aromatic rings. The van der Waals surface area contributed by atoms with Crippen molar-refractivity contribution in [1.82, 2.24) is 10.2 Å². The Balaban J connectivity index is 1.42. The molecule has 7 heteroatoms. The number of hydrogen-bond donors (Lipinski definition) is 2. The Kier molecular flexibility index (Phi) is 6.46. The van der Waals surface area contributed by atoms with Crippen LogP contribution in [0, 0.1) is 5.82 Å². The number of nitrogens with one attached hydrogen (secondary N) is 1. The smallest absolute Gasteiger partial charge is 0.317 e. The average molecular weight is 388 g/mol. The monoisotopic (exact) mass is 388 g/mol. The van der Waals surface area contributed by atoms with Crippen LogP contribution in [0.3, 0.4) is 0 Å². The topological polar surface area (TPSA) is 82.8 Å². The highest BCUT2D eigenvalue weighted by Gasteiger charge is 2.34. The van der Waals surface area contributed by atoms with E-state index in [-0.39, 0.29) is 36.8 Å². The Morgan fingerprint density at radius 1 is 1.25 bits per heavy atom. The predicted molar refractivity (Wildman–Crippen MR) is 102 cm³/mol. The molecule has 2 N–H and O–H groups in total. The molecule has 1 amide bonds. The highest BCUT2D eigenvalue weighted by atomic mass is 19.1. The van der Waals surface area contributed by atoms with Crippen molar-refractivity contribution < 1.29 is 23.5 Å². The molecule has 0 spiro atoms. The van der Waals surface area contributed by atoms with Crippen LogP contribution in [-0.2, 0) is 16.0 Å². The van der Waals surface area contributed by atoms with E-state index in [2.05, 4.69) is 5.32 Å². The van der Waals surface area contributed by atoms with Crippen molar-refractivity contribution >= 4 is 11.9 Å². The molecule has 1 aliphatic rings. The van der Waals surface area contributed by atoms with Gasteiger partial charge in [0.05, 0.1) is 12.1 Å². The molecule has 1 aliphatic carbocycles. The zero-order valence-electron chi connectivity index (χ0n) is 15.9. The van der Waals surface area contributed by atoms with E-state index in [4.69, 9.17) is 9.52 Å². The van der Waals surface area contributed by atoms with Crippen LogP contribution in [0.4, 0.5) is 4.39 Å². The predicted octanol–water partition coefficient (Wildman–Crippen LogP) is 3.07. The van der Waals surface area contributed by atoms with Crippen molar-refractivity contribution in [2.24, 2.45) is 0 Å². The summed E-state index contributed by atoms with van der Waals surface area (Å²) in [6.07, 6.45) is 2.27. The summed E-state index contributed by atoms with van der Waals surface area (Å²) in [6, 6.07) is 10.2. The Bertz CT molecular complexity index is 829. The first-order chi connectivity index (χ1) is 13.5. The molecule has 0 aliphatic heterocycles. The van der Waals surface area contributed by atoms with Gasteiger partial charge >= 0.3 is 5.97 Å². The summed E-state index contributed by atoms with van der Waals surface area (Å²) in [4.78, 5) is 24.9. The van der Waals surface area contributed by atoms with E-state index in [1.165, 1.54) is 6.07 Å². The third-order valence-electron chi connectivity index (χ3n) is 5.14. The Morgan fingerprint density at radius 3 is 2.68 bits per heavy atom. The highest BCUT2D eigenvalue weighted by molar-refractivity contribution is 5.76. The second kappa shape index (κ2) is 9.01. The van der Waals surface area contributed by atoms with E-state index in [0.717, 1.165) is 12.8 Å². The summed E-state index contributed by atoms with van der Waals surface area (Å²) in [5, 5.41) is 11.9. The van der Waals surface area contributed by atoms with Gasteiger partial charge in [0.2, 0.25) is 5.91 Å². The second-order valence-corrected chi connectivity index (χ2v) is 7.09. The molecule has 1 aromatic heterocycles. The van der Waals surface area contributed by atoms with Crippen LogP contribution in [0.5, 0.6) is 0 Å². The number of rotatable bonds is 9. The van der Waals surface area contributed by atoms with Crippen molar-refractivity contribution in [2.45, 2.75) is 44.7 Å². The molecule has 6 nitrogen and oxygen atoms in total. The SMILES string of the molecule is CCN(CC(=O)O)C1CC(NC(=O)CCc2ccc(-c3ccccc3F)o2)C1. The number of benzene rings is 1. The minimum absolute atomic E-state index is 0.0324. The normalized spacial score (nSPS) is 18.7. The number of hydrogen-bond acceptors (Lipinski definition) is 4. The molecule has 0 saturated heterocycles. The fourth-order valence-electron chi connectivity index (χ4n) is 3.53.